The molecule has 0 radical (unpaired) electrons. The molecule has 0 fully saturated rings. The lowest BCUT2D eigenvalue weighted by Gasteiger charge is -2.00. The van der Waals surface area contributed by atoms with Gasteiger partial charge in [0.25, 0.3) is 0 Å². The summed E-state index contributed by atoms with van der Waals surface area (Å²) in [4.78, 5) is 11.9. The van der Waals surface area contributed by atoms with Crippen LogP contribution in [0.15, 0.2) is 48.5 Å². The van der Waals surface area contributed by atoms with Gasteiger partial charge in [-0.25, -0.2) is 0 Å². The molecule has 2 aromatic rings. The summed E-state index contributed by atoms with van der Waals surface area (Å²) in [7, 11) is 0. The predicted molar refractivity (Wildman–Crippen MR) is 77.9 cm³/mol. The Labute approximate surface area is 120 Å². The number of carbonyl (C=O) groups excluding carboxylic acids is 1. The van der Waals surface area contributed by atoms with Gasteiger partial charge in [0.05, 0.1) is 15.6 Å². The number of ketones is 1. The SMILES string of the molecule is O=C(C=Cc1ccc(Cl)c(Cl)c1)c1ccccc1O. The molecule has 2 aromatic carbocycles. The van der Waals surface area contributed by atoms with E-state index >= 15 is 0 Å². The fraction of sp³-hybridized carbons (Fsp3) is 0. The molecule has 2 rings (SSSR count). The second-order valence-corrected chi connectivity index (χ2v) is 4.70. The summed E-state index contributed by atoms with van der Waals surface area (Å²) < 4.78 is 0. The van der Waals surface area contributed by atoms with Crippen LogP contribution in [-0.4, -0.2) is 10.9 Å². The van der Waals surface area contributed by atoms with E-state index in [9.17, 15) is 9.90 Å². The summed E-state index contributed by atoms with van der Waals surface area (Å²) in [6.45, 7) is 0. The van der Waals surface area contributed by atoms with Crippen molar-refractivity contribution in [1.82, 2.24) is 0 Å². The first-order valence-corrected chi connectivity index (χ1v) is 6.29. The van der Waals surface area contributed by atoms with Crippen molar-refractivity contribution >= 4 is 35.1 Å². The van der Waals surface area contributed by atoms with Crippen molar-refractivity contribution in [3.63, 3.8) is 0 Å². The van der Waals surface area contributed by atoms with Gasteiger partial charge in [0.1, 0.15) is 5.75 Å². The number of rotatable bonds is 3. The standard InChI is InChI=1S/C15H10Cl2O2/c16-12-7-5-10(9-13(12)17)6-8-15(19)11-3-1-2-4-14(11)18/h1-9,18H. The lowest BCUT2D eigenvalue weighted by Crippen LogP contribution is -1.94. The highest BCUT2D eigenvalue weighted by molar-refractivity contribution is 6.42. The molecule has 0 bridgehead atoms. The van der Waals surface area contributed by atoms with E-state index < -0.39 is 0 Å². The first kappa shape index (κ1) is 13.7. The molecule has 0 saturated heterocycles. The highest BCUT2D eigenvalue weighted by Gasteiger charge is 2.06. The number of phenolic OH excluding ortho intramolecular Hbond substituents is 1. The first-order chi connectivity index (χ1) is 9.08. The third-order valence-electron chi connectivity index (χ3n) is 2.54. The summed E-state index contributed by atoms with van der Waals surface area (Å²) in [5.41, 5.74) is 1.02. The van der Waals surface area contributed by atoms with Crippen molar-refractivity contribution in [3.8, 4) is 5.75 Å². The van der Waals surface area contributed by atoms with Crippen LogP contribution in [0.3, 0.4) is 0 Å². The molecule has 2 nitrogen and oxygen atoms in total. The molecule has 4 heteroatoms. The lowest BCUT2D eigenvalue weighted by molar-refractivity contribution is 0.104. The van der Waals surface area contributed by atoms with E-state index in [1.54, 1.807) is 42.5 Å². The van der Waals surface area contributed by atoms with E-state index in [0.717, 1.165) is 5.56 Å². The zero-order valence-electron chi connectivity index (χ0n) is 9.81. The molecule has 96 valence electrons. The van der Waals surface area contributed by atoms with E-state index in [0.29, 0.717) is 10.0 Å². The molecule has 0 unspecified atom stereocenters. The van der Waals surface area contributed by atoms with E-state index in [4.69, 9.17) is 23.2 Å². The highest BCUT2D eigenvalue weighted by atomic mass is 35.5. The van der Waals surface area contributed by atoms with Gasteiger partial charge in [0.2, 0.25) is 0 Å². The molecule has 0 spiro atoms. The number of benzene rings is 2. The number of aromatic hydroxyl groups is 1. The second-order valence-electron chi connectivity index (χ2n) is 3.89. The Bertz CT molecular complexity index is 648. The topological polar surface area (TPSA) is 37.3 Å². The second kappa shape index (κ2) is 5.91. The van der Waals surface area contributed by atoms with Crippen LogP contribution in [-0.2, 0) is 0 Å². The van der Waals surface area contributed by atoms with Crippen LogP contribution < -0.4 is 0 Å². The van der Waals surface area contributed by atoms with Crippen molar-refractivity contribution in [2.24, 2.45) is 0 Å². The number of phenols is 1. The molecule has 0 aromatic heterocycles. The minimum atomic E-state index is -0.274. The number of halogens is 2. The highest BCUT2D eigenvalue weighted by Crippen LogP contribution is 2.23. The van der Waals surface area contributed by atoms with Gasteiger partial charge in [0, 0.05) is 0 Å². The van der Waals surface area contributed by atoms with Crippen LogP contribution in [0.2, 0.25) is 10.0 Å². The molecular weight excluding hydrogens is 283 g/mol. The quantitative estimate of drug-likeness (QED) is 0.663. The Morgan fingerprint density at radius 3 is 2.47 bits per heavy atom. The Hall–Kier alpha value is -1.77. The van der Waals surface area contributed by atoms with Crippen LogP contribution in [0.5, 0.6) is 5.75 Å². The molecule has 0 aliphatic heterocycles. The largest absolute Gasteiger partial charge is 0.507 e. The minimum absolute atomic E-state index is 0.0358. The van der Waals surface area contributed by atoms with Crippen molar-refractivity contribution in [2.75, 3.05) is 0 Å². The van der Waals surface area contributed by atoms with Gasteiger partial charge in [-0.15, -0.1) is 0 Å². The van der Waals surface area contributed by atoms with Gasteiger partial charge >= 0.3 is 0 Å². The average Bonchev–Trinajstić information content (AvgIpc) is 2.40. The molecule has 19 heavy (non-hydrogen) atoms. The smallest absolute Gasteiger partial charge is 0.189 e. The fourth-order valence-electron chi connectivity index (χ4n) is 1.56. The minimum Gasteiger partial charge on any atom is -0.507 e. The number of carbonyl (C=O) groups is 1. The van der Waals surface area contributed by atoms with Crippen molar-refractivity contribution in [1.29, 1.82) is 0 Å². The Morgan fingerprint density at radius 2 is 1.79 bits per heavy atom. The number of allylic oxidation sites excluding steroid dienone is 1. The van der Waals surface area contributed by atoms with Crippen LogP contribution in [0.1, 0.15) is 15.9 Å². The summed E-state index contributed by atoms with van der Waals surface area (Å²) in [5, 5.41) is 10.5. The van der Waals surface area contributed by atoms with Gasteiger partial charge in [-0.3, -0.25) is 4.79 Å². The van der Waals surface area contributed by atoms with E-state index in [-0.39, 0.29) is 17.1 Å². The van der Waals surface area contributed by atoms with Crippen LogP contribution in [0.25, 0.3) is 6.08 Å². The summed E-state index contributed by atoms with van der Waals surface area (Å²) in [6, 6.07) is 11.5. The molecule has 1 N–H and O–H groups in total. The van der Waals surface area contributed by atoms with Gasteiger partial charge < -0.3 is 5.11 Å². The summed E-state index contributed by atoms with van der Waals surface area (Å²) in [6.07, 6.45) is 3.01. The first-order valence-electron chi connectivity index (χ1n) is 5.53. The summed E-state index contributed by atoms with van der Waals surface area (Å²) >= 11 is 11.7. The van der Waals surface area contributed by atoms with Crippen LogP contribution >= 0.6 is 23.2 Å². The maximum Gasteiger partial charge on any atom is 0.189 e. The Balaban J connectivity index is 2.21. The lowest BCUT2D eigenvalue weighted by atomic mass is 10.1. The van der Waals surface area contributed by atoms with Crippen molar-refractivity contribution in [3.05, 3.63) is 69.7 Å². The van der Waals surface area contributed by atoms with E-state index in [2.05, 4.69) is 0 Å². The zero-order valence-corrected chi connectivity index (χ0v) is 11.3. The molecule has 0 atom stereocenters. The maximum atomic E-state index is 11.9. The predicted octanol–water partition coefficient (Wildman–Crippen LogP) is 4.60. The molecule has 0 aliphatic carbocycles. The molecule has 0 saturated carbocycles. The van der Waals surface area contributed by atoms with Crippen LogP contribution in [0.4, 0.5) is 0 Å². The van der Waals surface area contributed by atoms with E-state index in [1.807, 2.05) is 0 Å². The monoisotopic (exact) mass is 292 g/mol. The number of hydrogen-bond donors (Lipinski definition) is 1. The number of hydrogen-bond acceptors (Lipinski definition) is 2. The van der Waals surface area contributed by atoms with Crippen LogP contribution in [0, 0.1) is 0 Å². The van der Waals surface area contributed by atoms with Gasteiger partial charge in [-0.05, 0) is 35.9 Å². The third kappa shape index (κ3) is 3.37. The third-order valence-corrected chi connectivity index (χ3v) is 3.28. The zero-order chi connectivity index (χ0) is 13.8. The molecular formula is C15H10Cl2O2. The molecule has 0 aliphatic rings. The van der Waals surface area contributed by atoms with E-state index in [1.165, 1.54) is 12.1 Å². The Morgan fingerprint density at radius 1 is 1.05 bits per heavy atom. The number of para-hydroxylation sites is 1. The van der Waals surface area contributed by atoms with Gasteiger partial charge in [-0.2, -0.15) is 0 Å². The van der Waals surface area contributed by atoms with Gasteiger partial charge in [0.15, 0.2) is 5.78 Å². The van der Waals surface area contributed by atoms with Gasteiger partial charge in [-0.1, -0.05) is 47.5 Å². The normalized spacial score (nSPS) is 10.8. The van der Waals surface area contributed by atoms with Crippen molar-refractivity contribution in [2.45, 2.75) is 0 Å². The van der Waals surface area contributed by atoms with Crippen molar-refractivity contribution < 1.29 is 9.90 Å². The molecule has 0 heterocycles. The average molecular weight is 293 g/mol. The fourth-order valence-corrected chi connectivity index (χ4v) is 1.87. The molecule has 0 amide bonds. The summed E-state index contributed by atoms with van der Waals surface area (Å²) in [5.74, 6) is -0.310. The Kier molecular flexibility index (Phi) is 4.25. The maximum absolute atomic E-state index is 11.9.